The molecule has 3 nitrogen and oxygen atoms in total. The van der Waals surface area contributed by atoms with Crippen LogP contribution in [0.1, 0.15) is 17.2 Å². The number of rotatable bonds is 4. The molecule has 2 rings (SSSR count). The van der Waals surface area contributed by atoms with Gasteiger partial charge in [0.15, 0.2) is 0 Å². The Morgan fingerprint density at radius 2 is 1.94 bits per heavy atom. The normalized spacial score (nSPS) is 12.1. The van der Waals surface area contributed by atoms with Crippen molar-refractivity contribution in [3.05, 3.63) is 65.7 Å². The Labute approximate surface area is 104 Å². The van der Waals surface area contributed by atoms with Crippen molar-refractivity contribution < 1.29 is 14.3 Å². The van der Waals surface area contributed by atoms with E-state index in [0.29, 0.717) is 12.1 Å². The topological polar surface area (TPSA) is 50.2 Å². The van der Waals surface area contributed by atoms with Crippen molar-refractivity contribution in [2.75, 3.05) is 0 Å². The lowest BCUT2D eigenvalue weighted by atomic mass is 9.96. The van der Waals surface area contributed by atoms with E-state index in [1.807, 2.05) is 0 Å². The minimum Gasteiger partial charge on any atom is -0.481 e. The van der Waals surface area contributed by atoms with E-state index in [0.717, 1.165) is 5.56 Å². The first-order chi connectivity index (χ1) is 8.66. The summed E-state index contributed by atoms with van der Waals surface area (Å²) < 4.78 is 12.8. The van der Waals surface area contributed by atoms with E-state index in [2.05, 4.69) is 4.98 Å². The summed E-state index contributed by atoms with van der Waals surface area (Å²) >= 11 is 0. The van der Waals surface area contributed by atoms with Crippen LogP contribution in [0, 0.1) is 5.82 Å². The van der Waals surface area contributed by atoms with Gasteiger partial charge in [0, 0.05) is 6.20 Å². The van der Waals surface area contributed by atoms with Gasteiger partial charge in [0.1, 0.15) is 11.7 Å². The second kappa shape index (κ2) is 5.40. The minimum atomic E-state index is -0.932. The zero-order valence-electron chi connectivity index (χ0n) is 9.58. The number of carbonyl (C=O) groups is 1. The van der Waals surface area contributed by atoms with Crippen molar-refractivity contribution in [1.82, 2.24) is 4.98 Å². The predicted octanol–water partition coefficient (Wildman–Crippen LogP) is 2.63. The number of benzene rings is 1. The highest BCUT2D eigenvalue weighted by Gasteiger charge is 2.21. The highest BCUT2D eigenvalue weighted by Crippen LogP contribution is 2.19. The maximum Gasteiger partial charge on any atom is 0.312 e. The van der Waals surface area contributed by atoms with Crippen LogP contribution in [0.2, 0.25) is 0 Å². The van der Waals surface area contributed by atoms with Crippen LogP contribution in [-0.4, -0.2) is 16.1 Å². The summed E-state index contributed by atoms with van der Waals surface area (Å²) in [7, 11) is 0. The van der Waals surface area contributed by atoms with Gasteiger partial charge >= 0.3 is 5.97 Å². The molecule has 18 heavy (non-hydrogen) atoms. The van der Waals surface area contributed by atoms with Gasteiger partial charge < -0.3 is 5.11 Å². The zero-order valence-corrected chi connectivity index (χ0v) is 9.58. The molecule has 4 heteroatoms. The molecule has 1 heterocycles. The molecule has 0 saturated carbocycles. The van der Waals surface area contributed by atoms with E-state index in [1.165, 1.54) is 12.1 Å². The van der Waals surface area contributed by atoms with Crippen LogP contribution in [0.15, 0.2) is 48.7 Å². The highest BCUT2D eigenvalue weighted by atomic mass is 19.1. The SMILES string of the molecule is O=C(O)C(Cc1ccc(F)cc1)c1ccccn1. The van der Waals surface area contributed by atoms with E-state index in [1.54, 1.807) is 36.5 Å². The van der Waals surface area contributed by atoms with Gasteiger partial charge in [-0.2, -0.15) is 0 Å². The van der Waals surface area contributed by atoms with E-state index < -0.39 is 11.9 Å². The van der Waals surface area contributed by atoms with Gasteiger partial charge in [-0.3, -0.25) is 9.78 Å². The summed E-state index contributed by atoms with van der Waals surface area (Å²) in [6, 6.07) is 11.0. The molecular formula is C14H12FNO2. The third kappa shape index (κ3) is 2.91. The predicted molar refractivity (Wildman–Crippen MR) is 64.7 cm³/mol. The number of hydrogen-bond acceptors (Lipinski definition) is 2. The molecule has 0 spiro atoms. The van der Waals surface area contributed by atoms with Crippen LogP contribution < -0.4 is 0 Å². The lowest BCUT2D eigenvalue weighted by Crippen LogP contribution is -2.15. The number of carboxylic acid groups (broad SMARTS) is 1. The lowest BCUT2D eigenvalue weighted by molar-refractivity contribution is -0.138. The zero-order chi connectivity index (χ0) is 13.0. The number of carboxylic acids is 1. The van der Waals surface area contributed by atoms with Crippen molar-refractivity contribution in [2.45, 2.75) is 12.3 Å². The van der Waals surface area contributed by atoms with Crippen molar-refractivity contribution in [2.24, 2.45) is 0 Å². The van der Waals surface area contributed by atoms with E-state index in [4.69, 9.17) is 0 Å². The summed E-state index contributed by atoms with van der Waals surface area (Å²) in [6.45, 7) is 0. The number of pyridine rings is 1. The Morgan fingerprint density at radius 1 is 1.22 bits per heavy atom. The fourth-order valence-corrected chi connectivity index (χ4v) is 1.76. The summed E-state index contributed by atoms with van der Waals surface area (Å²) in [5.74, 6) is -1.97. The van der Waals surface area contributed by atoms with Crippen molar-refractivity contribution in [3.63, 3.8) is 0 Å². The van der Waals surface area contributed by atoms with Crippen LogP contribution in [0.5, 0.6) is 0 Å². The van der Waals surface area contributed by atoms with Crippen molar-refractivity contribution in [1.29, 1.82) is 0 Å². The van der Waals surface area contributed by atoms with Gasteiger partial charge in [-0.15, -0.1) is 0 Å². The molecule has 0 radical (unpaired) electrons. The first kappa shape index (κ1) is 12.2. The first-order valence-corrected chi connectivity index (χ1v) is 5.55. The van der Waals surface area contributed by atoms with Crippen molar-refractivity contribution >= 4 is 5.97 Å². The summed E-state index contributed by atoms with van der Waals surface area (Å²) in [6.07, 6.45) is 1.86. The van der Waals surface area contributed by atoms with E-state index >= 15 is 0 Å². The molecule has 1 aromatic carbocycles. The maximum absolute atomic E-state index is 12.8. The first-order valence-electron chi connectivity index (χ1n) is 5.55. The van der Waals surface area contributed by atoms with Gasteiger partial charge in [0.05, 0.1) is 5.69 Å². The molecule has 2 aromatic rings. The third-order valence-corrected chi connectivity index (χ3v) is 2.70. The summed E-state index contributed by atoms with van der Waals surface area (Å²) in [4.78, 5) is 15.3. The molecule has 92 valence electrons. The van der Waals surface area contributed by atoms with Crippen LogP contribution in [0.3, 0.4) is 0 Å². The molecule has 0 aliphatic carbocycles. The Hall–Kier alpha value is -2.23. The Morgan fingerprint density at radius 3 is 2.50 bits per heavy atom. The maximum atomic E-state index is 12.8. The molecule has 1 N–H and O–H groups in total. The number of halogens is 1. The molecule has 0 amide bonds. The molecule has 1 aromatic heterocycles. The average molecular weight is 245 g/mol. The molecular weight excluding hydrogens is 233 g/mol. The van der Waals surface area contributed by atoms with Crippen molar-refractivity contribution in [3.8, 4) is 0 Å². The van der Waals surface area contributed by atoms with Crippen LogP contribution >= 0.6 is 0 Å². The second-order valence-electron chi connectivity index (χ2n) is 3.98. The smallest absolute Gasteiger partial charge is 0.312 e. The molecule has 0 aliphatic rings. The van der Waals surface area contributed by atoms with E-state index in [-0.39, 0.29) is 5.82 Å². The van der Waals surface area contributed by atoms with Gasteiger partial charge in [-0.25, -0.2) is 4.39 Å². The Balaban J connectivity index is 2.22. The largest absolute Gasteiger partial charge is 0.481 e. The highest BCUT2D eigenvalue weighted by molar-refractivity contribution is 5.75. The van der Waals surface area contributed by atoms with Crippen LogP contribution in [0.25, 0.3) is 0 Å². The fourth-order valence-electron chi connectivity index (χ4n) is 1.76. The standard InChI is InChI=1S/C14H12FNO2/c15-11-6-4-10(5-7-11)9-12(14(17)18)13-3-1-2-8-16-13/h1-8,12H,9H2,(H,17,18). The van der Waals surface area contributed by atoms with Gasteiger partial charge in [0.2, 0.25) is 0 Å². The third-order valence-electron chi connectivity index (χ3n) is 2.70. The van der Waals surface area contributed by atoms with Gasteiger partial charge in [-0.05, 0) is 36.2 Å². The molecule has 1 atom stereocenters. The quantitative estimate of drug-likeness (QED) is 0.900. The number of aliphatic carboxylic acids is 1. The number of aromatic nitrogens is 1. The second-order valence-corrected chi connectivity index (χ2v) is 3.98. The van der Waals surface area contributed by atoms with Gasteiger partial charge in [0.25, 0.3) is 0 Å². The van der Waals surface area contributed by atoms with Crippen LogP contribution in [-0.2, 0) is 11.2 Å². The monoisotopic (exact) mass is 245 g/mol. The molecule has 1 unspecified atom stereocenters. The Kier molecular flexibility index (Phi) is 3.67. The molecule has 0 aliphatic heterocycles. The Bertz CT molecular complexity index is 525. The lowest BCUT2D eigenvalue weighted by Gasteiger charge is -2.11. The van der Waals surface area contributed by atoms with E-state index in [9.17, 15) is 14.3 Å². The van der Waals surface area contributed by atoms with Crippen LogP contribution in [0.4, 0.5) is 4.39 Å². The van der Waals surface area contributed by atoms with Gasteiger partial charge in [-0.1, -0.05) is 18.2 Å². The molecule has 0 saturated heterocycles. The fraction of sp³-hybridized carbons (Fsp3) is 0.143. The summed E-state index contributed by atoms with van der Waals surface area (Å²) in [5, 5.41) is 9.23. The summed E-state index contributed by atoms with van der Waals surface area (Å²) in [5.41, 5.74) is 1.28. The average Bonchev–Trinajstić information content (AvgIpc) is 2.38. The number of nitrogens with zero attached hydrogens (tertiary/aromatic N) is 1. The molecule has 0 fully saturated rings. The minimum absolute atomic E-state index is 0.298. The molecule has 0 bridgehead atoms. The number of hydrogen-bond donors (Lipinski definition) is 1.